The lowest BCUT2D eigenvalue weighted by Gasteiger charge is -2.44. The number of hydrogen-bond donors (Lipinski definition) is 6. The van der Waals surface area contributed by atoms with Crippen molar-refractivity contribution in [2.75, 3.05) is 26.6 Å². The van der Waals surface area contributed by atoms with Gasteiger partial charge in [-0.3, -0.25) is 0 Å². The molecule has 0 spiro atoms. The van der Waals surface area contributed by atoms with E-state index in [1.165, 1.54) is 0 Å². The van der Waals surface area contributed by atoms with Crippen molar-refractivity contribution in [3.8, 4) is 0 Å². The molecule has 6 N–H and O–H groups in total. The molecule has 5 unspecified atom stereocenters. The van der Waals surface area contributed by atoms with Gasteiger partial charge in [-0.25, -0.2) is 13.2 Å². The average Bonchev–Trinajstić information content (AvgIpc) is 2.43. The molecule has 0 bridgehead atoms. The van der Waals surface area contributed by atoms with E-state index >= 15 is 0 Å². The van der Waals surface area contributed by atoms with Crippen molar-refractivity contribution in [2.24, 2.45) is 0 Å². The van der Waals surface area contributed by atoms with Crippen molar-refractivity contribution >= 4 is 11.6 Å². The zero-order valence-electron chi connectivity index (χ0n) is 9.68. The van der Waals surface area contributed by atoms with Crippen molar-refractivity contribution in [3.63, 3.8) is 0 Å². The number of hydrogen-bond acceptors (Lipinski definition) is 6. The van der Waals surface area contributed by atoms with E-state index in [1.807, 2.05) is 0 Å². The number of alkyl halides is 4. The monoisotopic (exact) mass is 312 g/mol. The molecule has 0 aliphatic heterocycles. The van der Waals surface area contributed by atoms with Gasteiger partial charge in [-0.2, -0.15) is 0 Å². The molecule has 116 valence electrons. The predicted octanol–water partition coefficient (Wildman–Crippen LogP) is -2.00. The van der Waals surface area contributed by atoms with Crippen LogP contribution >= 0.6 is 11.6 Å². The SMILES string of the molecule is OCC(O)(CF)C(O)C(O)(CF)C(O)C(O)(Cl)CF. The fourth-order valence-electron chi connectivity index (χ4n) is 1.42. The number of aliphatic hydroxyl groups excluding tert-OH is 3. The van der Waals surface area contributed by atoms with Crippen molar-refractivity contribution in [3.05, 3.63) is 0 Å². The Morgan fingerprint density at radius 3 is 1.63 bits per heavy atom. The van der Waals surface area contributed by atoms with Crippen LogP contribution in [0.1, 0.15) is 0 Å². The van der Waals surface area contributed by atoms with Crippen LogP contribution in [0.3, 0.4) is 0 Å². The highest BCUT2D eigenvalue weighted by atomic mass is 35.5. The second-order valence-corrected chi connectivity index (χ2v) is 4.93. The van der Waals surface area contributed by atoms with Crippen LogP contribution in [0, 0.1) is 0 Å². The first-order valence-corrected chi connectivity index (χ1v) is 5.44. The number of aliphatic hydroxyl groups is 6. The molecule has 0 heterocycles. The Morgan fingerprint density at radius 2 is 1.37 bits per heavy atom. The first kappa shape index (κ1) is 18.8. The Morgan fingerprint density at radius 1 is 0.895 bits per heavy atom. The van der Waals surface area contributed by atoms with Gasteiger partial charge < -0.3 is 30.6 Å². The summed E-state index contributed by atoms with van der Waals surface area (Å²) in [5, 5.41) is 52.8. The van der Waals surface area contributed by atoms with E-state index in [9.17, 15) is 38.7 Å². The molecule has 5 atom stereocenters. The summed E-state index contributed by atoms with van der Waals surface area (Å²) in [7, 11) is 0. The summed E-state index contributed by atoms with van der Waals surface area (Å²) in [6, 6.07) is 0. The molecule has 0 saturated carbocycles. The van der Waals surface area contributed by atoms with E-state index in [-0.39, 0.29) is 0 Å². The molecule has 0 rings (SSSR count). The molecule has 0 aliphatic carbocycles. The smallest absolute Gasteiger partial charge is 0.196 e. The molecular formula is C9H16ClF3O6. The quantitative estimate of drug-likeness (QED) is 0.288. The van der Waals surface area contributed by atoms with Gasteiger partial charge in [0.15, 0.2) is 10.7 Å². The molecule has 0 aromatic carbocycles. The minimum absolute atomic E-state index is 1.43. The zero-order chi connectivity index (χ0) is 15.5. The molecule has 0 fully saturated rings. The topological polar surface area (TPSA) is 121 Å². The largest absolute Gasteiger partial charge is 0.393 e. The first-order valence-electron chi connectivity index (χ1n) is 5.06. The lowest BCUT2D eigenvalue weighted by Crippen LogP contribution is -2.69. The van der Waals surface area contributed by atoms with Crippen LogP contribution in [0.2, 0.25) is 0 Å². The van der Waals surface area contributed by atoms with Crippen molar-refractivity contribution in [1.82, 2.24) is 0 Å². The Hall–Kier alpha value is -0.160. The highest BCUT2D eigenvalue weighted by Crippen LogP contribution is 2.33. The normalized spacial score (nSPS) is 24.9. The third-order valence-electron chi connectivity index (χ3n) is 2.78. The van der Waals surface area contributed by atoms with Gasteiger partial charge in [-0.05, 0) is 0 Å². The Bertz CT molecular complexity index is 291. The van der Waals surface area contributed by atoms with Gasteiger partial charge in [0.05, 0.1) is 6.61 Å². The average molecular weight is 313 g/mol. The second-order valence-electron chi connectivity index (χ2n) is 4.28. The van der Waals surface area contributed by atoms with Crippen LogP contribution in [-0.2, 0) is 0 Å². The first-order chi connectivity index (χ1) is 8.55. The molecule has 0 amide bonds. The van der Waals surface area contributed by atoms with Crippen LogP contribution in [-0.4, -0.2) is 85.7 Å². The van der Waals surface area contributed by atoms with Crippen LogP contribution < -0.4 is 0 Å². The molecule has 0 saturated heterocycles. The second kappa shape index (κ2) is 6.53. The zero-order valence-corrected chi connectivity index (χ0v) is 10.4. The Labute approximate surface area is 111 Å². The Kier molecular flexibility index (Phi) is 6.47. The van der Waals surface area contributed by atoms with Crippen molar-refractivity contribution in [2.45, 2.75) is 28.5 Å². The van der Waals surface area contributed by atoms with E-state index in [4.69, 9.17) is 16.7 Å². The standard InChI is InChI=1S/C9H16ClF3O6/c10-9(19,3-13)6(16)8(18,2-12)5(15)7(17,1-11)4-14/h5-6,14-19H,1-4H2. The highest BCUT2D eigenvalue weighted by molar-refractivity contribution is 6.23. The summed E-state index contributed by atoms with van der Waals surface area (Å²) in [6.45, 7) is -7.09. The summed E-state index contributed by atoms with van der Waals surface area (Å²) in [5.41, 5.74) is -6.42. The van der Waals surface area contributed by atoms with Crippen LogP contribution in [0.15, 0.2) is 0 Å². The van der Waals surface area contributed by atoms with Gasteiger partial charge in [0.1, 0.15) is 37.8 Å². The van der Waals surface area contributed by atoms with Crippen LogP contribution in [0.4, 0.5) is 13.2 Å². The summed E-state index contributed by atoms with van der Waals surface area (Å²) in [6.07, 6.45) is -5.59. The van der Waals surface area contributed by atoms with E-state index in [2.05, 4.69) is 0 Å². The summed E-state index contributed by atoms with van der Waals surface area (Å²) < 4.78 is 37.7. The van der Waals surface area contributed by atoms with Crippen LogP contribution in [0.25, 0.3) is 0 Å². The van der Waals surface area contributed by atoms with E-state index in [0.29, 0.717) is 0 Å². The van der Waals surface area contributed by atoms with Gasteiger partial charge in [0.2, 0.25) is 0 Å². The fraction of sp³-hybridized carbons (Fsp3) is 1.00. The summed E-state index contributed by atoms with van der Waals surface area (Å²) in [5.74, 6) is 0. The lowest BCUT2D eigenvalue weighted by molar-refractivity contribution is -0.247. The summed E-state index contributed by atoms with van der Waals surface area (Å²) in [4.78, 5) is 0. The molecule has 0 radical (unpaired) electrons. The number of rotatable bonds is 8. The van der Waals surface area contributed by atoms with Gasteiger partial charge in [-0.1, -0.05) is 11.6 Å². The van der Waals surface area contributed by atoms with Crippen molar-refractivity contribution in [1.29, 1.82) is 0 Å². The fourth-order valence-corrected chi connectivity index (χ4v) is 1.61. The van der Waals surface area contributed by atoms with E-state index < -0.39 is 55.1 Å². The Balaban J connectivity index is 5.48. The summed E-state index contributed by atoms with van der Waals surface area (Å²) >= 11 is 5.07. The maximum absolute atomic E-state index is 12.8. The minimum Gasteiger partial charge on any atom is -0.393 e. The molecule has 6 nitrogen and oxygen atoms in total. The van der Waals surface area contributed by atoms with E-state index in [0.717, 1.165) is 0 Å². The van der Waals surface area contributed by atoms with Crippen molar-refractivity contribution < 1.29 is 43.8 Å². The third kappa shape index (κ3) is 3.48. The molecule has 0 aliphatic rings. The van der Waals surface area contributed by atoms with E-state index in [1.54, 1.807) is 0 Å². The number of halogens is 4. The molecule has 10 heteroatoms. The van der Waals surface area contributed by atoms with Crippen LogP contribution in [0.5, 0.6) is 0 Å². The predicted molar refractivity (Wildman–Crippen MR) is 57.7 cm³/mol. The van der Waals surface area contributed by atoms with Gasteiger partial charge >= 0.3 is 0 Å². The molecule has 0 aromatic heterocycles. The van der Waals surface area contributed by atoms with Gasteiger partial charge in [0.25, 0.3) is 0 Å². The minimum atomic E-state index is -3.40. The lowest BCUT2D eigenvalue weighted by atomic mass is 9.79. The van der Waals surface area contributed by atoms with Gasteiger partial charge in [0, 0.05) is 0 Å². The highest BCUT2D eigenvalue weighted by Gasteiger charge is 2.58. The molecule has 0 aromatic rings. The maximum atomic E-state index is 12.8. The molecular weight excluding hydrogens is 297 g/mol. The third-order valence-corrected chi connectivity index (χ3v) is 3.09. The van der Waals surface area contributed by atoms with Gasteiger partial charge in [-0.15, -0.1) is 0 Å². The maximum Gasteiger partial charge on any atom is 0.196 e. The molecule has 19 heavy (non-hydrogen) atoms.